The van der Waals surface area contributed by atoms with Crippen LogP contribution in [0.3, 0.4) is 0 Å². The number of carbonyl (C=O) groups is 1. The summed E-state index contributed by atoms with van der Waals surface area (Å²) in [5.74, 6) is 1.17. The van der Waals surface area contributed by atoms with Crippen LogP contribution in [0.25, 0.3) is 0 Å². The quantitative estimate of drug-likeness (QED) is 0.829. The molecule has 2 N–H and O–H groups in total. The minimum absolute atomic E-state index is 0.0930. The molecule has 1 aromatic carbocycles. The van der Waals surface area contributed by atoms with Crippen molar-refractivity contribution >= 4 is 23.1 Å². The summed E-state index contributed by atoms with van der Waals surface area (Å²) in [5.41, 5.74) is 5.97. The second-order valence-corrected chi connectivity index (χ2v) is 4.54. The van der Waals surface area contributed by atoms with E-state index in [-0.39, 0.29) is 12.7 Å². The lowest BCUT2D eigenvalue weighted by Crippen LogP contribution is -2.30. The van der Waals surface area contributed by atoms with E-state index >= 15 is 0 Å². The van der Waals surface area contributed by atoms with Gasteiger partial charge in [0.1, 0.15) is 0 Å². The van der Waals surface area contributed by atoms with E-state index in [1.807, 2.05) is 0 Å². The van der Waals surface area contributed by atoms with Crippen LogP contribution in [0.15, 0.2) is 18.2 Å². The normalized spacial score (nSPS) is 12.3. The number of fused-ring (bicyclic) bond motifs is 1. The average molecular weight is 266 g/mol. The van der Waals surface area contributed by atoms with Gasteiger partial charge in [0.15, 0.2) is 11.5 Å². The molecule has 1 aromatic rings. The van der Waals surface area contributed by atoms with Crippen LogP contribution in [0.2, 0.25) is 0 Å². The van der Waals surface area contributed by atoms with Crippen molar-refractivity contribution in [1.82, 2.24) is 4.90 Å². The second kappa shape index (κ2) is 5.22. The van der Waals surface area contributed by atoms with E-state index in [0.29, 0.717) is 35.0 Å². The van der Waals surface area contributed by atoms with Crippen LogP contribution < -0.4 is 15.2 Å². The first kappa shape index (κ1) is 12.6. The molecule has 18 heavy (non-hydrogen) atoms. The smallest absolute Gasteiger partial charge is 0.253 e. The number of nitrogens with two attached hydrogens (primary N) is 1. The van der Waals surface area contributed by atoms with E-state index < -0.39 is 0 Å². The van der Waals surface area contributed by atoms with Crippen molar-refractivity contribution in [2.75, 3.05) is 20.4 Å². The van der Waals surface area contributed by atoms with Gasteiger partial charge in [-0.05, 0) is 18.2 Å². The van der Waals surface area contributed by atoms with Gasteiger partial charge in [-0.1, -0.05) is 12.2 Å². The van der Waals surface area contributed by atoms with Gasteiger partial charge in [-0.2, -0.15) is 0 Å². The Morgan fingerprint density at radius 1 is 1.44 bits per heavy atom. The Labute approximate surface area is 110 Å². The minimum Gasteiger partial charge on any atom is -0.454 e. The Morgan fingerprint density at radius 3 is 2.89 bits per heavy atom. The monoisotopic (exact) mass is 266 g/mol. The molecule has 0 radical (unpaired) electrons. The molecule has 1 aliphatic heterocycles. The van der Waals surface area contributed by atoms with E-state index in [1.165, 1.54) is 0 Å². The molecule has 0 aromatic heterocycles. The molecule has 0 bridgehead atoms. The van der Waals surface area contributed by atoms with Crippen molar-refractivity contribution in [3.05, 3.63) is 23.8 Å². The van der Waals surface area contributed by atoms with Crippen molar-refractivity contribution in [2.24, 2.45) is 5.73 Å². The predicted molar refractivity (Wildman–Crippen MR) is 70.9 cm³/mol. The third-order valence-corrected chi connectivity index (χ3v) is 2.86. The van der Waals surface area contributed by atoms with Crippen molar-refractivity contribution in [2.45, 2.75) is 6.42 Å². The van der Waals surface area contributed by atoms with Gasteiger partial charge >= 0.3 is 0 Å². The molecule has 0 aliphatic carbocycles. The molecular weight excluding hydrogens is 252 g/mol. The average Bonchev–Trinajstić information content (AvgIpc) is 2.81. The molecule has 0 spiro atoms. The summed E-state index contributed by atoms with van der Waals surface area (Å²) in [6.45, 7) is 0.701. The SMILES string of the molecule is CN(CCC(N)=S)C(=O)c1ccc2c(c1)OCO2. The summed E-state index contributed by atoms with van der Waals surface area (Å²) in [6.07, 6.45) is 0.516. The third-order valence-electron chi connectivity index (χ3n) is 2.66. The highest BCUT2D eigenvalue weighted by molar-refractivity contribution is 7.80. The van der Waals surface area contributed by atoms with E-state index in [2.05, 4.69) is 0 Å². The zero-order valence-corrected chi connectivity index (χ0v) is 10.8. The maximum absolute atomic E-state index is 12.1. The van der Waals surface area contributed by atoms with Crippen LogP contribution in [-0.4, -0.2) is 36.2 Å². The first-order valence-electron chi connectivity index (χ1n) is 5.51. The van der Waals surface area contributed by atoms with Crippen LogP contribution in [0.4, 0.5) is 0 Å². The van der Waals surface area contributed by atoms with Gasteiger partial charge in [-0.15, -0.1) is 0 Å². The largest absolute Gasteiger partial charge is 0.454 e. The number of thiocarbonyl (C=S) groups is 1. The van der Waals surface area contributed by atoms with Crippen LogP contribution >= 0.6 is 12.2 Å². The van der Waals surface area contributed by atoms with Gasteiger partial charge in [0.2, 0.25) is 6.79 Å². The number of nitrogens with zero attached hydrogens (tertiary/aromatic N) is 1. The number of ether oxygens (including phenoxy) is 2. The molecule has 0 atom stereocenters. The van der Waals surface area contributed by atoms with E-state index in [4.69, 9.17) is 27.4 Å². The number of rotatable bonds is 4. The Balaban J connectivity index is 2.06. The van der Waals surface area contributed by atoms with Crippen molar-refractivity contribution in [3.63, 3.8) is 0 Å². The molecule has 0 saturated carbocycles. The molecule has 1 amide bonds. The molecule has 6 heteroatoms. The van der Waals surface area contributed by atoms with Crippen molar-refractivity contribution in [1.29, 1.82) is 0 Å². The maximum atomic E-state index is 12.1. The molecule has 96 valence electrons. The Morgan fingerprint density at radius 2 is 2.17 bits per heavy atom. The second-order valence-electron chi connectivity index (χ2n) is 4.01. The lowest BCUT2D eigenvalue weighted by atomic mass is 10.1. The molecular formula is C12H14N2O3S. The topological polar surface area (TPSA) is 64.8 Å². The van der Waals surface area contributed by atoms with Crippen molar-refractivity contribution < 1.29 is 14.3 Å². The summed E-state index contributed by atoms with van der Waals surface area (Å²) in [4.78, 5) is 14.1. The molecule has 0 saturated heterocycles. The molecule has 0 unspecified atom stereocenters. The van der Waals surface area contributed by atoms with Gasteiger partial charge in [-0.25, -0.2) is 0 Å². The number of carbonyl (C=O) groups excluding carboxylic acids is 1. The lowest BCUT2D eigenvalue weighted by molar-refractivity contribution is 0.0798. The summed E-state index contributed by atoms with van der Waals surface area (Å²) in [6, 6.07) is 5.13. The summed E-state index contributed by atoms with van der Waals surface area (Å²) in [7, 11) is 1.71. The predicted octanol–water partition coefficient (Wildman–Crippen LogP) is 1.16. The number of hydrogen-bond acceptors (Lipinski definition) is 4. The number of benzene rings is 1. The summed E-state index contributed by atoms with van der Waals surface area (Å²) >= 11 is 4.79. The standard InChI is InChI=1S/C12H14N2O3S/c1-14(5-4-11(13)18)12(15)8-2-3-9-10(6-8)17-7-16-9/h2-3,6H,4-5,7H2,1H3,(H2,13,18). The van der Waals surface area contributed by atoms with Crippen LogP contribution in [0.5, 0.6) is 11.5 Å². The maximum Gasteiger partial charge on any atom is 0.253 e. The first-order chi connectivity index (χ1) is 8.58. The van der Waals surface area contributed by atoms with Gasteiger partial charge in [0, 0.05) is 25.6 Å². The molecule has 1 aliphatic rings. The van der Waals surface area contributed by atoms with Crippen LogP contribution in [0.1, 0.15) is 16.8 Å². The Kier molecular flexibility index (Phi) is 3.66. The fourth-order valence-electron chi connectivity index (χ4n) is 1.63. The van der Waals surface area contributed by atoms with Gasteiger partial charge in [0.25, 0.3) is 5.91 Å². The van der Waals surface area contributed by atoms with E-state index in [9.17, 15) is 4.79 Å². The summed E-state index contributed by atoms with van der Waals surface area (Å²) < 4.78 is 10.4. The first-order valence-corrected chi connectivity index (χ1v) is 5.92. The van der Waals surface area contributed by atoms with Crippen molar-refractivity contribution in [3.8, 4) is 11.5 Å². The summed E-state index contributed by atoms with van der Waals surface area (Å²) in [5, 5.41) is 0. The van der Waals surface area contributed by atoms with E-state index in [0.717, 1.165) is 0 Å². The van der Waals surface area contributed by atoms with E-state index in [1.54, 1.807) is 30.1 Å². The molecule has 5 nitrogen and oxygen atoms in total. The number of hydrogen-bond donors (Lipinski definition) is 1. The van der Waals surface area contributed by atoms with Gasteiger partial charge < -0.3 is 20.1 Å². The highest BCUT2D eigenvalue weighted by atomic mass is 32.1. The third kappa shape index (κ3) is 2.70. The lowest BCUT2D eigenvalue weighted by Gasteiger charge is -2.16. The van der Waals surface area contributed by atoms with Crippen LogP contribution in [-0.2, 0) is 0 Å². The molecule has 0 fully saturated rings. The van der Waals surface area contributed by atoms with Crippen LogP contribution in [0, 0.1) is 0 Å². The minimum atomic E-state index is -0.0930. The van der Waals surface area contributed by atoms with Gasteiger partial charge in [-0.3, -0.25) is 4.79 Å². The molecule has 2 rings (SSSR count). The molecule has 1 heterocycles. The fraction of sp³-hybridized carbons (Fsp3) is 0.333. The number of amides is 1. The highest BCUT2D eigenvalue weighted by Crippen LogP contribution is 2.32. The highest BCUT2D eigenvalue weighted by Gasteiger charge is 2.18. The Bertz CT molecular complexity index is 490. The fourth-order valence-corrected chi connectivity index (χ4v) is 1.72. The Hall–Kier alpha value is -1.82. The zero-order valence-electron chi connectivity index (χ0n) is 10.0. The van der Waals surface area contributed by atoms with Gasteiger partial charge in [0.05, 0.1) is 4.99 Å². The zero-order chi connectivity index (χ0) is 13.1.